The Morgan fingerprint density at radius 3 is 2.97 bits per heavy atom. The van der Waals surface area contributed by atoms with E-state index in [4.69, 9.17) is 0 Å². The van der Waals surface area contributed by atoms with Crippen LogP contribution in [-0.2, 0) is 10.1 Å². The summed E-state index contributed by atoms with van der Waals surface area (Å²) in [4.78, 5) is 18.1. The zero-order chi connectivity index (χ0) is 20.7. The van der Waals surface area contributed by atoms with Crippen LogP contribution in [0.2, 0.25) is 0 Å². The SMILES string of the molecule is O=S(=O)(O)c1ccc2cccc(NC[C@H]3CCCN3c3ncnc4nc[nH]c34)c2c1. The number of H-pyrrole nitrogens is 1. The maximum atomic E-state index is 11.5. The largest absolute Gasteiger partial charge is 0.382 e. The lowest BCUT2D eigenvalue weighted by atomic mass is 10.1. The van der Waals surface area contributed by atoms with E-state index in [0.717, 1.165) is 47.2 Å². The molecule has 0 bridgehead atoms. The number of aromatic amines is 1. The maximum Gasteiger partial charge on any atom is 0.294 e. The van der Waals surface area contributed by atoms with Gasteiger partial charge in [0.15, 0.2) is 11.5 Å². The lowest BCUT2D eigenvalue weighted by molar-refractivity contribution is 0.483. The standard InChI is InChI=1S/C20H20N6O3S/c27-30(28,29)15-7-6-13-3-1-5-17(16(13)9-15)21-10-14-4-2-8-26(14)20-18-19(23-11-22-18)24-12-25-20/h1,3,5-7,9,11-12,14,21H,2,4,8,10H2,(H,27,28,29)(H,22,23,24,25)/t14-/m1/s1. The molecule has 0 spiro atoms. The number of hydrogen-bond acceptors (Lipinski definition) is 7. The Hall–Kier alpha value is -3.24. The summed E-state index contributed by atoms with van der Waals surface area (Å²) >= 11 is 0. The van der Waals surface area contributed by atoms with Gasteiger partial charge in [-0.3, -0.25) is 4.55 Å². The minimum atomic E-state index is -4.26. The molecule has 10 heteroatoms. The Labute approximate surface area is 172 Å². The van der Waals surface area contributed by atoms with Crippen molar-refractivity contribution in [1.82, 2.24) is 19.9 Å². The highest BCUT2D eigenvalue weighted by atomic mass is 32.2. The van der Waals surface area contributed by atoms with E-state index in [-0.39, 0.29) is 10.9 Å². The fourth-order valence-corrected chi connectivity index (χ4v) is 4.60. The van der Waals surface area contributed by atoms with Crippen LogP contribution in [0.1, 0.15) is 12.8 Å². The first-order valence-corrected chi connectivity index (χ1v) is 11.1. The average molecular weight is 424 g/mol. The first-order chi connectivity index (χ1) is 14.5. The second kappa shape index (κ2) is 7.22. The molecule has 1 aliphatic rings. The van der Waals surface area contributed by atoms with Crippen molar-refractivity contribution in [2.45, 2.75) is 23.8 Å². The van der Waals surface area contributed by atoms with Gasteiger partial charge in [0.25, 0.3) is 10.1 Å². The molecule has 1 atom stereocenters. The number of nitrogens with zero attached hydrogens (tertiary/aromatic N) is 4. The van der Waals surface area contributed by atoms with Gasteiger partial charge in [0.2, 0.25) is 0 Å². The number of nitrogens with one attached hydrogen (secondary N) is 2. The summed E-state index contributed by atoms with van der Waals surface area (Å²) in [6.07, 6.45) is 5.21. The smallest absolute Gasteiger partial charge is 0.294 e. The van der Waals surface area contributed by atoms with Gasteiger partial charge in [-0.2, -0.15) is 8.42 Å². The van der Waals surface area contributed by atoms with Crippen LogP contribution in [0.15, 0.2) is 53.9 Å². The lowest BCUT2D eigenvalue weighted by Crippen LogP contribution is -2.35. The first-order valence-electron chi connectivity index (χ1n) is 9.65. The molecule has 3 N–H and O–H groups in total. The predicted octanol–water partition coefficient (Wildman–Crippen LogP) is 2.83. The van der Waals surface area contributed by atoms with Crippen LogP contribution in [0.3, 0.4) is 0 Å². The van der Waals surface area contributed by atoms with E-state index in [2.05, 4.69) is 30.2 Å². The topological polar surface area (TPSA) is 124 Å². The van der Waals surface area contributed by atoms with Gasteiger partial charge in [0, 0.05) is 30.2 Å². The molecule has 0 radical (unpaired) electrons. The quantitative estimate of drug-likeness (QED) is 0.418. The van der Waals surface area contributed by atoms with Crippen molar-refractivity contribution in [3.63, 3.8) is 0 Å². The Morgan fingerprint density at radius 2 is 2.10 bits per heavy atom. The number of imidazole rings is 1. The predicted molar refractivity (Wildman–Crippen MR) is 114 cm³/mol. The van der Waals surface area contributed by atoms with E-state index in [1.807, 2.05) is 18.2 Å². The van der Waals surface area contributed by atoms with E-state index in [1.54, 1.807) is 12.4 Å². The van der Waals surface area contributed by atoms with Crippen molar-refractivity contribution in [3.8, 4) is 0 Å². The van der Waals surface area contributed by atoms with Crippen molar-refractivity contribution < 1.29 is 13.0 Å². The summed E-state index contributed by atoms with van der Waals surface area (Å²) in [5.41, 5.74) is 2.29. The van der Waals surface area contributed by atoms with Crippen molar-refractivity contribution in [2.75, 3.05) is 23.3 Å². The monoisotopic (exact) mass is 424 g/mol. The Balaban J connectivity index is 1.43. The first kappa shape index (κ1) is 18.8. The third-order valence-corrected chi connectivity index (χ3v) is 6.38. The van der Waals surface area contributed by atoms with Gasteiger partial charge in [-0.15, -0.1) is 0 Å². The number of rotatable bonds is 5. The molecule has 2 aromatic carbocycles. The highest BCUT2D eigenvalue weighted by molar-refractivity contribution is 7.85. The molecule has 154 valence electrons. The van der Waals surface area contributed by atoms with Gasteiger partial charge in [-0.1, -0.05) is 18.2 Å². The molecule has 3 heterocycles. The Bertz CT molecular complexity index is 1340. The summed E-state index contributed by atoms with van der Waals surface area (Å²) in [7, 11) is -4.26. The van der Waals surface area contributed by atoms with E-state index in [1.165, 1.54) is 18.5 Å². The zero-order valence-corrected chi connectivity index (χ0v) is 16.8. The van der Waals surface area contributed by atoms with Gasteiger partial charge < -0.3 is 15.2 Å². The van der Waals surface area contributed by atoms with E-state index in [9.17, 15) is 13.0 Å². The van der Waals surface area contributed by atoms with Crippen LogP contribution in [0.4, 0.5) is 11.5 Å². The van der Waals surface area contributed by atoms with Crippen LogP contribution >= 0.6 is 0 Å². The molecule has 1 saturated heterocycles. The molecule has 0 amide bonds. The number of fused-ring (bicyclic) bond motifs is 2. The zero-order valence-electron chi connectivity index (χ0n) is 16.0. The Kier molecular flexibility index (Phi) is 4.52. The summed E-state index contributed by atoms with van der Waals surface area (Å²) in [5, 5.41) is 5.10. The van der Waals surface area contributed by atoms with Gasteiger partial charge in [0.1, 0.15) is 11.8 Å². The normalized spacial score (nSPS) is 17.1. The molecule has 0 saturated carbocycles. The van der Waals surface area contributed by atoms with Crippen molar-refractivity contribution >= 4 is 43.6 Å². The molecule has 4 aromatic rings. The third-order valence-electron chi connectivity index (χ3n) is 5.53. The van der Waals surface area contributed by atoms with Gasteiger partial charge in [0.05, 0.1) is 11.2 Å². The van der Waals surface area contributed by atoms with Crippen molar-refractivity contribution in [3.05, 3.63) is 49.1 Å². The van der Waals surface area contributed by atoms with Gasteiger partial charge in [-0.05, 0) is 36.4 Å². The van der Waals surface area contributed by atoms with E-state index in [0.29, 0.717) is 12.2 Å². The van der Waals surface area contributed by atoms with Crippen LogP contribution in [0.5, 0.6) is 0 Å². The molecule has 9 nitrogen and oxygen atoms in total. The number of aromatic nitrogens is 4. The van der Waals surface area contributed by atoms with Gasteiger partial charge >= 0.3 is 0 Å². The number of benzene rings is 2. The fourth-order valence-electron chi connectivity index (χ4n) is 4.09. The lowest BCUT2D eigenvalue weighted by Gasteiger charge is -2.26. The second-order valence-electron chi connectivity index (χ2n) is 7.33. The molecule has 0 aliphatic carbocycles. The van der Waals surface area contributed by atoms with Crippen molar-refractivity contribution in [2.24, 2.45) is 0 Å². The van der Waals surface area contributed by atoms with Gasteiger partial charge in [-0.25, -0.2) is 15.0 Å². The number of hydrogen-bond donors (Lipinski definition) is 3. The fraction of sp³-hybridized carbons (Fsp3) is 0.250. The van der Waals surface area contributed by atoms with Crippen LogP contribution < -0.4 is 10.2 Å². The summed E-state index contributed by atoms with van der Waals surface area (Å²) in [5.74, 6) is 0.841. The van der Waals surface area contributed by atoms with Crippen LogP contribution in [0, 0.1) is 0 Å². The molecule has 0 unspecified atom stereocenters. The summed E-state index contributed by atoms with van der Waals surface area (Å²) < 4.78 is 32.5. The minimum absolute atomic E-state index is 0.116. The highest BCUT2D eigenvalue weighted by Gasteiger charge is 2.27. The highest BCUT2D eigenvalue weighted by Crippen LogP contribution is 2.30. The summed E-state index contributed by atoms with van der Waals surface area (Å²) in [6.45, 7) is 1.55. The summed E-state index contributed by atoms with van der Waals surface area (Å²) in [6, 6.07) is 10.6. The Morgan fingerprint density at radius 1 is 1.20 bits per heavy atom. The van der Waals surface area contributed by atoms with E-state index < -0.39 is 10.1 Å². The molecule has 30 heavy (non-hydrogen) atoms. The molecule has 1 fully saturated rings. The minimum Gasteiger partial charge on any atom is -0.382 e. The maximum absolute atomic E-state index is 11.5. The van der Waals surface area contributed by atoms with Crippen LogP contribution in [-0.4, -0.2) is 52.0 Å². The second-order valence-corrected chi connectivity index (χ2v) is 8.75. The molecule has 1 aliphatic heterocycles. The number of anilines is 2. The van der Waals surface area contributed by atoms with E-state index >= 15 is 0 Å². The van der Waals surface area contributed by atoms with Crippen LogP contribution in [0.25, 0.3) is 21.9 Å². The molecular formula is C20H20N6O3S. The van der Waals surface area contributed by atoms with Crippen molar-refractivity contribution in [1.29, 1.82) is 0 Å². The molecule has 2 aromatic heterocycles. The third kappa shape index (κ3) is 3.33. The average Bonchev–Trinajstić information content (AvgIpc) is 3.40. The molecular weight excluding hydrogens is 404 g/mol. The molecule has 5 rings (SSSR count).